The Morgan fingerprint density at radius 1 is 1.29 bits per heavy atom. The van der Waals surface area contributed by atoms with Crippen molar-refractivity contribution in [1.29, 1.82) is 0 Å². The monoisotopic (exact) mass is 241 g/mol. The molecule has 17 heavy (non-hydrogen) atoms. The topological polar surface area (TPSA) is 75.6 Å². The number of aliphatic carboxylic acids is 1. The fourth-order valence-corrected chi connectivity index (χ4v) is 2.53. The summed E-state index contributed by atoms with van der Waals surface area (Å²) < 4.78 is 5.74. The van der Waals surface area contributed by atoms with E-state index < -0.39 is 5.97 Å². The van der Waals surface area contributed by atoms with E-state index in [4.69, 9.17) is 9.84 Å². The highest BCUT2D eigenvalue weighted by atomic mass is 16.5. The Bertz CT molecular complexity index is 297. The van der Waals surface area contributed by atoms with Gasteiger partial charge in [0.1, 0.15) is 0 Å². The van der Waals surface area contributed by atoms with E-state index in [1.807, 2.05) is 0 Å². The highest BCUT2D eigenvalue weighted by molar-refractivity contribution is 5.78. The highest BCUT2D eigenvalue weighted by Crippen LogP contribution is 2.26. The van der Waals surface area contributed by atoms with Gasteiger partial charge in [0.15, 0.2) is 0 Å². The first-order chi connectivity index (χ1) is 8.15. The summed E-state index contributed by atoms with van der Waals surface area (Å²) in [6.07, 6.45) is 4.66. The van der Waals surface area contributed by atoms with Gasteiger partial charge in [0.2, 0.25) is 5.91 Å². The number of ether oxygens (including phenoxy) is 1. The molecule has 2 rings (SSSR count). The van der Waals surface area contributed by atoms with Gasteiger partial charge >= 0.3 is 5.97 Å². The Kier molecular flexibility index (Phi) is 3.99. The Morgan fingerprint density at radius 3 is 2.53 bits per heavy atom. The van der Waals surface area contributed by atoms with Crippen molar-refractivity contribution >= 4 is 11.9 Å². The number of hydrogen-bond donors (Lipinski definition) is 2. The first-order valence-electron chi connectivity index (χ1n) is 6.29. The summed E-state index contributed by atoms with van der Waals surface area (Å²) in [6.45, 7) is 0.564. The van der Waals surface area contributed by atoms with E-state index in [1.54, 1.807) is 0 Å². The molecule has 1 atom stereocenters. The Labute approximate surface area is 101 Å². The third-order valence-electron chi connectivity index (χ3n) is 3.64. The molecule has 5 nitrogen and oxygen atoms in total. The molecular formula is C12H19NO4. The zero-order valence-corrected chi connectivity index (χ0v) is 9.85. The van der Waals surface area contributed by atoms with Crippen molar-refractivity contribution in [3.63, 3.8) is 0 Å². The van der Waals surface area contributed by atoms with E-state index in [0.29, 0.717) is 25.9 Å². The maximum atomic E-state index is 11.0. The van der Waals surface area contributed by atoms with Gasteiger partial charge in [0.05, 0.1) is 24.7 Å². The van der Waals surface area contributed by atoms with Crippen molar-refractivity contribution in [1.82, 2.24) is 5.32 Å². The van der Waals surface area contributed by atoms with Gasteiger partial charge in [-0.15, -0.1) is 0 Å². The van der Waals surface area contributed by atoms with Crippen LogP contribution >= 0.6 is 0 Å². The van der Waals surface area contributed by atoms with Crippen LogP contribution in [0.2, 0.25) is 0 Å². The molecule has 1 saturated carbocycles. The van der Waals surface area contributed by atoms with Crippen LogP contribution in [0, 0.1) is 5.92 Å². The van der Waals surface area contributed by atoms with E-state index in [2.05, 4.69) is 5.32 Å². The van der Waals surface area contributed by atoms with Gasteiger partial charge in [0, 0.05) is 6.42 Å². The first-order valence-corrected chi connectivity index (χ1v) is 6.29. The Morgan fingerprint density at radius 2 is 2.00 bits per heavy atom. The molecule has 0 spiro atoms. The Hall–Kier alpha value is -1.10. The van der Waals surface area contributed by atoms with Crippen LogP contribution in [0.3, 0.4) is 0 Å². The second-order valence-electron chi connectivity index (χ2n) is 4.95. The second kappa shape index (κ2) is 5.49. The molecule has 1 heterocycles. The number of hydrogen-bond acceptors (Lipinski definition) is 3. The summed E-state index contributed by atoms with van der Waals surface area (Å²) in [7, 11) is 0. The molecule has 1 aliphatic heterocycles. The number of carboxylic acid groups (broad SMARTS) is 1. The lowest BCUT2D eigenvalue weighted by atomic mass is 9.87. The number of carbonyl (C=O) groups excluding carboxylic acids is 1. The van der Waals surface area contributed by atoms with Crippen molar-refractivity contribution in [2.24, 2.45) is 5.92 Å². The van der Waals surface area contributed by atoms with E-state index in [1.165, 1.54) is 0 Å². The fraction of sp³-hybridized carbons (Fsp3) is 0.833. The number of carboxylic acids is 1. The average Bonchev–Trinajstić information content (AvgIpc) is 2.73. The maximum absolute atomic E-state index is 11.0. The van der Waals surface area contributed by atoms with Crippen LogP contribution in [-0.2, 0) is 14.3 Å². The number of amides is 1. The lowest BCUT2D eigenvalue weighted by Gasteiger charge is -2.27. The van der Waals surface area contributed by atoms with Gasteiger partial charge in [-0.25, -0.2) is 0 Å². The third-order valence-corrected chi connectivity index (χ3v) is 3.64. The minimum absolute atomic E-state index is 0.105. The normalized spacial score (nSPS) is 33.4. The molecule has 1 aliphatic carbocycles. The smallest absolute Gasteiger partial charge is 0.306 e. The van der Waals surface area contributed by atoms with Gasteiger partial charge in [-0.2, -0.15) is 0 Å². The molecule has 5 heteroatoms. The minimum Gasteiger partial charge on any atom is -0.481 e. The molecule has 0 radical (unpaired) electrons. The summed E-state index contributed by atoms with van der Waals surface area (Å²) in [5.41, 5.74) is 0. The van der Waals surface area contributed by atoms with E-state index in [0.717, 1.165) is 19.3 Å². The zero-order valence-electron chi connectivity index (χ0n) is 9.85. The third kappa shape index (κ3) is 3.43. The van der Waals surface area contributed by atoms with Crippen molar-refractivity contribution in [2.75, 3.05) is 6.61 Å². The molecule has 0 aromatic heterocycles. The lowest BCUT2D eigenvalue weighted by molar-refractivity contribution is -0.143. The maximum Gasteiger partial charge on any atom is 0.306 e. The predicted octanol–water partition coefficient (Wildman–Crippen LogP) is 0.925. The summed E-state index contributed by atoms with van der Waals surface area (Å²) >= 11 is 0. The van der Waals surface area contributed by atoms with Crippen molar-refractivity contribution in [3.8, 4) is 0 Å². The van der Waals surface area contributed by atoms with Crippen LogP contribution < -0.4 is 5.32 Å². The van der Waals surface area contributed by atoms with Crippen molar-refractivity contribution in [3.05, 3.63) is 0 Å². The van der Waals surface area contributed by atoms with E-state index in [-0.39, 0.29) is 24.0 Å². The molecule has 0 aromatic rings. The molecule has 0 aromatic carbocycles. The van der Waals surface area contributed by atoms with Gasteiger partial charge in [0.25, 0.3) is 0 Å². The summed E-state index contributed by atoms with van der Waals surface area (Å²) in [5, 5.41) is 11.7. The van der Waals surface area contributed by atoms with E-state index in [9.17, 15) is 9.59 Å². The molecule has 1 saturated heterocycles. The molecule has 0 bridgehead atoms. The SMILES string of the molecule is O=C1CCC(COC2CCC(C(=O)O)CC2)N1. The predicted molar refractivity (Wildman–Crippen MR) is 60.5 cm³/mol. The molecule has 1 unspecified atom stereocenters. The molecule has 1 amide bonds. The lowest BCUT2D eigenvalue weighted by Crippen LogP contribution is -2.33. The molecular weight excluding hydrogens is 222 g/mol. The highest BCUT2D eigenvalue weighted by Gasteiger charge is 2.27. The Balaban J connectivity index is 1.65. The van der Waals surface area contributed by atoms with Crippen LogP contribution in [0.15, 0.2) is 0 Å². The van der Waals surface area contributed by atoms with E-state index >= 15 is 0 Å². The fourth-order valence-electron chi connectivity index (χ4n) is 2.53. The van der Waals surface area contributed by atoms with Crippen LogP contribution in [0.4, 0.5) is 0 Å². The zero-order chi connectivity index (χ0) is 12.3. The second-order valence-corrected chi connectivity index (χ2v) is 4.95. The van der Waals surface area contributed by atoms with Gasteiger partial charge in [-0.05, 0) is 32.1 Å². The average molecular weight is 241 g/mol. The summed E-state index contributed by atoms with van der Waals surface area (Å²) in [6, 6.07) is 0.152. The van der Waals surface area contributed by atoms with Crippen LogP contribution in [0.1, 0.15) is 38.5 Å². The minimum atomic E-state index is -0.688. The standard InChI is InChI=1S/C12H19NO4/c14-11-6-3-9(13-11)7-17-10-4-1-8(2-5-10)12(15)16/h8-10H,1-7H2,(H,13,14)(H,15,16). The van der Waals surface area contributed by atoms with Gasteiger partial charge in [-0.1, -0.05) is 0 Å². The summed E-state index contributed by atoms with van der Waals surface area (Å²) in [5.74, 6) is -0.777. The number of nitrogens with one attached hydrogen (secondary N) is 1. The largest absolute Gasteiger partial charge is 0.481 e. The molecule has 2 aliphatic rings. The van der Waals surface area contributed by atoms with Crippen LogP contribution in [0.5, 0.6) is 0 Å². The van der Waals surface area contributed by atoms with Crippen molar-refractivity contribution < 1.29 is 19.4 Å². The molecule has 96 valence electrons. The molecule has 2 fully saturated rings. The number of rotatable bonds is 4. The summed E-state index contributed by atoms with van der Waals surface area (Å²) in [4.78, 5) is 21.8. The van der Waals surface area contributed by atoms with Crippen molar-refractivity contribution in [2.45, 2.75) is 50.7 Å². The van der Waals surface area contributed by atoms with Gasteiger partial charge < -0.3 is 15.2 Å². The van der Waals surface area contributed by atoms with Crippen LogP contribution in [0.25, 0.3) is 0 Å². The quantitative estimate of drug-likeness (QED) is 0.767. The first kappa shape index (κ1) is 12.4. The number of carbonyl (C=O) groups is 2. The van der Waals surface area contributed by atoms with Gasteiger partial charge in [-0.3, -0.25) is 9.59 Å². The van der Waals surface area contributed by atoms with Crippen LogP contribution in [-0.4, -0.2) is 35.7 Å². The molecule has 2 N–H and O–H groups in total.